The van der Waals surface area contributed by atoms with Crippen LogP contribution in [0.1, 0.15) is 27.2 Å². The van der Waals surface area contributed by atoms with Gasteiger partial charge >= 0.3 is 12.0 Å². The van der Waals surface area contributed by atoms with Crippen LogP contribution in [0.4, 0.5) is 10.5 Å². The Morgan fingerprint density at radius 2 is 2.04 bits per heavy atom. The van der Waals surface area contributed by atoms with E-state index in [1.54, 1.807) is 11.0 Å². The van der Waals surface area contributed by atoms with Gasteiger partial charge in [-0.2, -0.15) is 0 Å². The van der Waals surface area contributed by atoms with Crippen LogP contribution >= 0.6 is 0 Å². The van der Waals surface area contributed by atoms with E-state index in [4.69, 9.17) is 4.74 Å². The molecule has 0 saturated carbocycles. The summed E-state index contributed by atoms with van der Waals surface area (Å²) in [5.41, 5.74) is 0.605. The maximum atomic E-state index is 12.5. The van der Waals surface area contributed by atoms with Crippen LogP contribution in [-0.2, 0) is 4.79 Å². The topological polar surface area (TPSA) is 78.9 Å². The molecular formula is C18H26N2O4. The van der Waals surface area contributed by atoms with Crippen LogP contribution in [0.25, 0.3) is 0 Å². The van der Waals surface area contributed by atoms with E-state index in [1.807, 2.05) is 25.1 Å². The molecule has 1 aliphatic rings. The van der Waals surface area contributed by atoms with Gasteiger partial charge in [-0.3, -0.25) is 4.79 Å². The maximum Gasteiger partial charge on any atom is 0.321 e. The monoisotopic (exact) mass is 334 g/mol. The summed E-state index contributed by atoms with van der Waals surface area (Å²) < 4.78 is 5.74. The minimum absolute atomic E-state index is 0.165. The molecule has 0 spiro atoms. The van der Waals surface area contributed by atoms with Gasteiger partial charge in [0.15, 0.2) is 0 Å². The molecule has 0 aliphatic carbocycles. The number of nitrogens with one attached hydrogen (secondary N) is 1. The van der Waals surface area contributed by atoms with Crippen molar-refractivity contribution in [3.63, 3.8) is 0 Å². The van der Waals surface area contributed by atoms with Crippen molar-refractivity contribution in [1.29, 1.82) is 0 Å². The van der Waals surface area contributed by atoms with Gasteiger partial charge in [0.25, 0.3) is 0 Å². The zero-order chi connectivity index (χ0) is 17.7. The van der Waals surface area contributed by atoms with Crippen LogP contribution in [0.5, 0.6) is 5.75 Å². The smallest absolute Gasteiger partial charge is 0.321 e. The summed E-state index contributed by atoms with van der Waals surface area (Å²) in [4.78, 5) is 25.4. The second kappa shape index (κ2) is 8.04. The molecule has 0 radical (unpaired) electrons. The average molecular weight is 334 g/mol. The fourth-order valence-corrected chi connectivity index (χ4v) is 2.84. The normalized spacial score (nSPS) is 20.8. The summed E-state index contributed by atoms with van der Waals surface area (Å²) >= 11 is 0. The lowest BCUT2D eigenvalue weighted by molar-refractivity contribution is -0.143. The number of hydrogen-bond donors (Lipinski definition) is 2. The average Bonchev–Trinajstić information content (AvgIpc) is 2.53. The summed E-state index contributed by atoms with van der Waals surface area (Å²) in [6, 6.07) is 7.01. The SMILES string of the molecule is CC(C)COc1ccccc1NC(=O)N1CC(C)CC(C(=O)O)C1. The number of rotatable bonds is 5. The number of carbonyl (C=O) groups excluding carboxylic acids is 1. The van der Waals surface area contributed by atoms with Crippen molar-refractivity contribution >= 4 is 17.7 Å². The van der Waals surface area contributed by atoms with Crippen LogP contribution in [0.3, 0.4) is 0 Å². The Balaban J connectivity index is 2.05. The van der Waals surface area contributed by atoms with Gasteiger partial charge in [-0.05, 0) is 30.4 Å². The lowest BCUT2D eigenvalue weighted by Crippen LogP contribution is -2.47. The number of benzene rings is 1. The number of carboxylic acids is 1. The van der Waals surface area contributed by atoms with Gasteiger partial charge in [0, 0.05) is 13.1 Å². The molecule has 2 unspecified atom stereocenters. The van der Waals surface area contributed by atoms with Gasteiger partial charge in [-0.25, -0.2) is 4.79 Å². The molecular weight excluding hydrogens is 308 g/mol. The van der Waals surface area contributed by atoms with Crippen LogP contribution < -0.4 is 10.1 Å². The largest absolute Gasteiger partial charge is 0.491 e. The third kappa shape index (κ3) is 4.88. The van der Waals surface area contributed by atoms with Crippen LogP contribution in [-0.4, -0.2) is 41.7 Å². The summed E-state index contributed by atoms with van der Waals surface area (Å²) in [5.74, 6) is -0.183. The van der Waals surface area contributed by atoms with Gasteiger partial charge in [0.1, 0.15) is 5.75 Å². The van der Waals surface area contributed by atoms with Crippen molar-refractivity contribution in [3.8, 4) is 5.75 Å². The number of nitrogens with zero attached hydrogens (tertiary/aromatic N) is 1. The molecule has 1 aromatic rings. The third-order valence-electron chi connectivity index (χ3n) is 4.00. The van der Waals surface area contributed by atoms with Crippen molar-refractivity contribution in [1.82, 2.24) is 4.90 Å². The zero-order valence-electron chi connectivity index (χ0n) is 14.5. The van der Waals surface area contributed by atoms with E-state index >= 15 is 0 Å². The van der Waals surface area contributed by atoms with Crippen molar-refractivity contribution in [2.45, 2.75) is 27.2 Å². The highest BCUT2D eigenvalue weighted by Gasteiger charge is 2.32. The highest BCUT2D eigenvalue weighted by Crippen LogP contribution is 2.26. The Kier molecular flexibility index (Phi) is 6.06. The molecule has 0 aromatic heterocycles. The first-order valence-corrected chi connectivity index (χ1v) is 8.37. The minimum atomic E-state index is -0.847. The number of likely N-dealkylation sites (tertiary alicyclic amines) is 1. The van der Waals surface area contributed by atoms with Crippen molar-refractivity contribution in [2.75, 3.05) is 25.0 Å². The van der Waals surface area contributed by atoms with Gasteiger partial charge in [-0.15, -0.1) is 0 Å². The lowest BCUT2D eigenvalue weighted by atomic mass is 9.91. The van der Waals surface area contributed by atoms with E-state index in [2.05, 4.69) is 19.2 Å². The highest BCUT2D eigenvalue weighted by molar-refractivity contribution is 5.91. The number of ether oxygens (including phenoxy) is 1. The minimum Gasteiger partial charge on any atom is -0.491 e. The molecule has 1 fully saturated rings. The zero-order valence-corrected chi connectivity index (χ0v) is 14.5. The number of urea groups is 1. The standard InChI is InChI=1S/C18H26N2O4/c1-12(2)11-24-16-7-5-4-6-15(16)19-18(23)20-9-13(3)8-14(10-20)17(21)22/h4-7,12-14H,8-11H2,1-3H3,(H,19,23)(H,21,22). The van der Waals surface area contributed by atoms with E-state index in [9.17, 15) is 14.7 Å². The predicted octanol–water partition coefficient (Wildman–Crippen LogP) is 3.30. The Hall–Kier alpha value is -2.24. The van der Waals surface area contributed by atoms with Crippen molar-refractivity contribution < 1.29 is 19.4 Å². The summed E-state index contributed by atoms with van der Waals surface area (Å²) in [6.45, 7) is 7.44. The predicted molar refractivity (Wildman–Crippen MR) is 92.3 cm³/mol. The van der Waals surface area contributed by atoms with Crippen molar-refractivity contribution in [2.24, 2.45) is 17.8 Å². The molecule has 132 valence electrons. The van der Waals surface area contributed by atoms with E-state index in [0.717, 1.165) is 0 Å². The highest BCUT2D eigenvalue weighted by atomic mass is 16.5. The quantitative estimate of drug-likeness (QED) is 0.866. The number of aliphatic carboxylic acids is 1. The first-order chi connectivity index (χ1) is 11.4. The maximum absolute atomic E-state index is 12.5. The van der Waals surface area contributed by atoms with Crippen LogP contribution in [0, 0.1) is 17.8 Å². The van der Waals surface area contributed by atoms with Crippen LogP contribution in [0.2, 0.25) is 0 Å². The van der Waals surface area contributed by atoms with Gasteiger partial charge < -0.3 is 20.1 Å². The molecule has 2 amide bonds. The van der Waals surface area contributed by atoms with Crippen LogP contribution in [0.15, 0.2) is 24.3 Å². The molecule has 1 heterocycles. The number of para-hydroxylation sites is 2. The molecule has 0 bridgehead atoms. The number of piperidine rings is 1. The molecule has 6 nitrogen and oxygen atoms in total. The van der Waals surface area contributed by atoms with Gasteiger partial charge in [0.2, 0.25) is 0 Å². The van der Waals surface area contributed by atoms with E-state index in [-0.39, 0.29) is 18.5 Å². The second-order valence-corrected chi connectivity index (χ2v) is 6.91. The molecule has 2 rings (SSSR count). The Morgan fingerprint density at radius 3 is 2.71 bits per heavy atom. The van der Waals surface area contributed by atoms with E-state index < -0.39 is 11.9 Å². The van der Waals surface area contributed by atoms with Gasteiger partial charge in [0.05, 0.1) is 18.2 Å². The lowest BCUT2D eigenvalue weighted by Gasteiger charge is -2.34. The first-order valence-electron chi connectivity index (χ1n) is 8.37. The second-order valence-electron chi connectivity index (χ2n) is 6.91. The number of carbonyl (C=O) groups is 2. The Morgan fingerprint density at radius 1 is 1.33 bits per heavy atom. The fraction of sp³-hybridized carbons (Fsp3) is 0.556. The molecule has 6 heteroatoms. The number of carboxylic acid groups (broad SMARTS) is 1. The Bertz CT molecular complexity index is 588. The summed E-state index contributed by atoms with van der Waals surface area (Å²) in [6.07, 6.45) is 0.604. The molecule has 2 N–H and O–H groups in total. The molecule has 1 aliphatic heterocycles. The molecule has 1 saturated heterocycles. The Labute approximate surface area is 142 Å². The fourth-order valence-electron chi connectivity index (χ4n) is 2.84. The van der Waals surface area contributed by atoms with E-state index in [1.165, 1.54) is 0 Å². The molecule has 1 aromatic carbocycles. The number of hydrogen-bond acceptors (Lipinski definition) is 3. The van der Waals surface area contributed by atoms with Gasteiger partial charge in [-0.1, -0.05) is 32.9 Å². The third-order valence-corrected chi connectivity index (χ3v) is 4.00. The summed E-state index contributed by atoms with van der Waals surface area (Å²) in [5, 5.41) is 12.1. The first kappa shape index (κ1) is 18.1. The summed E-state index contributed by atoms with van der Waals surface area (Å²) in [7, 11) is 0. The number of amides is 2. The molecule has 2 atom stereocenters. The number of anilines is 1. The molecule has 24 heavy (non-hydrogen) atoms. The van der Waals surface area contributed by atoms with Crippen molar-refractivity contribution in [3.05, 3.63) is 24.3 Å². The van der Waals surface area contributed by atoms with E-state index in [0.29, 0.717) is 36.9 Å².